The molecule has 0 unspecified atom stereocenters. The molecule has 0 aliphatic heterocycles. The van der Waals surface area contributed by atoms with Crippen LogP contribution in [0.1, 0.15) is 20.7 Å². The molecule has 2 aromatic rings. The van der Waals surface area contributed by atoms with Crippen LogP contribution in [0.2, 0.25) is 5.02 Å². The summed E-state index contributed by atoms with van der Waals surface area (Å²) in [4.78, 5) is 22.6. The number of aromatic carboxylic acids is 1. The van der Waals surface area contributed by atoms with Crippen molar-refractivity contribution < 1.29 is 14.7 Å². The highest BCUT2D eigenvalue weighted by molar-refractivity contribution is 6.30. The van der Waals surface area contributed by atoms with E-state index in [1.54, 1.807) is 24.3 Å². The van der Waals surface area contributed by atoms with Gasteiger partial charge >= 0.3 is 5.97 Å². The predicted molar refractivity (Wildman–Crippen MR) is 72.8 cm³/mol. The van der Waals surface area contributed by atoms with Crippen LogP contribution in [0, 0.1) is 0 Å². The normalized spacial score (nSPS) is 9.95. The van der Waals surface area contributed by atoms with Gasteiger partial charge in [0.25, 0.3) is 5.91 Å². The Morgan fingerprint density at radius 1 is 1.00 bits per heavy atom. The highest BCUT2D eigenvalue weighted by Crippen LogP contribution is 2.16. The first-order valence-corrected chi connectivity index (χ1v) is 5.84. The quantitative estimate of drug-likeness (QED) is 0.903. The van der Waals surface area contributed by atoms with Gasteiger partial charge in [0.05, 0.1) is 5.56 Å². The number of rotatable bonds is 3. The van der Waals surface area contributed by atoms with Crippen molar-refractivity contribution in [2.45, 2.75) is 0 Å². The Morgan fingerprint density at radius 2 is 1.63 bits per heavy atom. The van der Waals surface area contributed by atoms with E-state index < -0.39 is 5.97 Å². The third-order valence-electron chi connectivity index (χ3n) is 2.48. The van der Waals surface area contributed by atoms with E-state index in [0.29, 0.717) is 16.3 Å². The molecule has 96 valence electrons. The van der Waals surface area contributed by atoms with Crippen molar-refractivity contribution in [2.75, 3.05) is 5.32 Å². The van der Waals surface area contributed by atoms with Crippen LogP contribution >= 0.6 is 11.6 Å². The lowest BCUT2D eigenvalue weighted by Crippen LogP contribution is -2.12. The molecule has 19 heavy (non-hydrogen) atoms. The number of amides is 1. The Balaban J connectivity index is 2.14. The van der Waals surface area contributed by atoms with E-state index in [-0.39, 0.29) is 11.5 Å². The molecule has 0 heterocycles. The SMILES string of the molecule is O=C(O)c1ccc(C(=O)Nc2cccc(Cl)c2)cc1. The summed E-state index contributed by atoms with van der Waals surface area (Å²) in [5.41, 5.74) is 1.10. The summed E-state index contributed by atoms with van der Waals surface area (Å²) in [6, 6.07) is 12.5. The van der Waals surface area contributed by atoms with Gasteiger partial charge in [-0.2, -0.15) is 0 Å². The van der Waals surface area contributed by atoms with E-state index >= 15 is 0 Å². The number of carbonyl (C=O) groups excluding carboxylic acids is 1. The number of halogens is 1. The second-order valence-corrected chi connectivity index (χ2v) is 4.28. The zero-order valence-corrected chi connectivity index (χ0v) is 10.5. The molecule has 2 N–H and O–H groups in total. The molecule has 0 bridgehead atoms. The average Bonchev–Trinajstić information content (AvgIpc) is 2.39. The number of hydrogen-bond donors (Lipinski definition) is 2. The minimum atomic E-state index is -1.03. The molecular formula is C14H10ClNO3. The molecule has 0 aliphatic carbocycles. The van der Waals surface area contributed by atoms with Crippen LogP contribution in [0.3, 0.4) is 0 Å². The molecule has 5 heteroatoms. The van der Waals surface area contributed by atoms with Crippen molar-refractivity contribution in [3.8, 4) is 0 Å². The van der Waals surface area contributed by atoms with Crippen molar-refractivity contribution in [1.82, 2.24) is 0 Å². The first kappa shape index (κ1) is 13.1. The predicted octanol–water partition coefficient (Wildman–Crippen LogP) is 3.29. The molecule has 0 fully saturated rings. The van der Waals surface area contributed by atoms with Crippen LogP contribution in [0.15, 0.2) is 48.5 Å². The van der Waals surface area contributed by atoms with Crippen molar-refractivity contribution >= 4 is 29.2 Å². The maximum atomic E-state index is 11.9. The lowest BCUT2D eigenvalue weighted by molar-refractivity contribution is 0.0696. The number of carbonyl (C=O) groups is 2. The summed E-state index contributed by atoms with van der Waals surface area (Å²) in [6.45, 7) is 0. The van der Waals surface area contributed by atoms with Gasteiger partial charge in [0.1, 0.15) is 0 Å². The van der Waals surface area contributed by atoms with Gasteiger partial charge in [0.2, 0.25) is 0 Å². The molecule has 0 atom stereocenters. The van der Waals surface area contributed by atoms with Gasteiger partial charge in [-0.3, -0.25) is 4.79 Å². The summed E-state index contributed by atoms with van der Waals surface area (Å²) in [6.07, 6.45) is 0. The van der Waals surface area contributed by atoms with Crippen molar-refractivity contribution in [2.24, 2.45) is 0 Å². The van der Waals surface area contributed by atoms with Crippen molar-refractivity contribution in [1.29, 1.82) is 0 Å². The van der Waals surface area contributed by atoms with Gasteiger partial charge in [-0.25, -0.2) is 4.79 Å². The lowest BCUT2D eigenvalue weighted by atomic mass is 10.1. The lowest BCUT2D eigenvalue weighted by Gasteiger charge is -2.05. The molecule has 0 aliphatic rings. The maximum absolute atomic E-state index is 11.9. The van der Waals surface area contributed by atoms with Crippen LogP contribution in [-0.2, 0) is 0 Å². The van der Waals surface area contributed by atoms with E-state index in [4.69, 9.17) is 16.7 Å². The summed E-state index contributed by atoms with van der Waals surface area (Å²) in [7, 11) is 0. The van der Waals surface area contributed by atoms with Gasteiger partial charge in [0, 0.05) is 16.3 Å². The summed E-state index contributed by atoms with van der Waals surface area (Å²) >= 11 is 5.81. The van der Waals surface area contributed by atoms with Crippen LogP contribution in [0.4, 0.5) is 5.69 Å². The number of carboxylic acids is 1. The topological polar surface area (TPSA) is 66.4 Å². The van der Waals surface area contributed by atoms with Crippen LogP contribution < -0.4 is 5.32 Å². The summed E-state index contributed by atoms with van der Waals surface area (Å²) in [5.74, 6) is -1.35. The first-order valence-electron chi connectivity index (χ1n) is 5.46. The van der Waals surface area contributed by atoms with E-state index in [0.717, 1.165) is 0 Å². The van der Waals surface area contributed by atoms with Gasteiger partial charge in [-0.05, 0) is 42.5 Å². The molecular weight excluding hydrogens is 266 g/mol. The molecule has 2 aromatic carbocycles. The molecule has 1 amide bonds. The number of nitrogens with one attached hydrogen (secondary N) is 1. The molecule has 2 rings (SSSR count). The fraction of sp³-hybridized carbons (Fsp3) is 0. The zero-order chi connectivity index (χ0) is 13.8. The number of hydrogen-bond acceptors (Lipinski definition) is 2. The van der Waals surface area contributed by atoms with Crippen LogP contribution in [-0.4, -0.2) is 17.0 Å². The second-order valence-electron chi connectivity index (χ2n) is 3.85. The minimum absolute atomic E-state index is 0.138. The monoisotopic (exact) mass is 275 g/mol. The van der Waals surface area contributed by atoms with Gasteiger partial charge in [-0.15, -0.1) is 0 Å². The van der Waals surface area contributed by atoms with Gasteiger partial charge < -0.3 is 10.4 Å². The molecule has 0 radical (unpaired) electrons. The number of benzene rings is 2. The Kier molecular flexibility index (Phi) is 3.82. The zero-order valence-electron chi connectivity index (χ0n) is 9.76. The van der Waals surface area contributed by atoms with E-state index in [9.17, 15) is 9.59 Å². The Hall–Kier alpha value is -2.33. The molecule has 0 aromatic heterocycles. The highest BCUT2D eigenvalue weighted by atomic mass is 35.5. The van der Waals surface area contributed by atoms with Crippen LogP contribution in [0.5, 0.6) is 0 Å². The van der Waals surface area contributed by atoms with E-state index in [2.05, 4.69) is 5.32 Å². The van der Waals surface area contributed by atoms with Crippen molar-refractivity contribution in [3.05, 3.63) is 64.7 Å². The fourth-order valence-electron chi connectivity index (χ4n) is 1.53. The first-order chi connectivity index (χ1) is 9.06. The third-order valence-corrected chi connectivity index (χ3v) is 2.71. The largest absolute Gasteiger partial charge is 0.478 e. The number of anilines is 1. The molecule has 4 nitrogen and oxygen atoms in total. The smallest absolute Gasteiger partial charge is 0.335 e. The Labute approximate surface area is 114 Å². The molecule has 0 saturated carbocycles. The van der Waals surface area contributed by atoms with Crippen LogP contribution in [0.25, 0.3) is 0 Å². The van der Waals surface area contributed by atoms with Gasteiger partial charge in [0.15, 0.2) is 0 Å². The Bertz CT molecular complexity index is 623. The molecule has 0 saturated heterocycles. The highest BCUT2D eigenvalue weighted by Gasteiger charge is 2.08. The third kappa shape index (κ3) is 3.33. The minimum Gasteiger partial charge on any atom is -0.478 e. The summed E-state index contributed by atoms with van der Waals surface area (Å²) < 4.78 is 0. The van der Waals surface area contributed by atoms with Crippen molar-refractivity contribution in [3.63, 3.8) is 0 Å². The van der Waals surface area contributed by atoms with Gasteiger partial charge in [-0.1, -0.05) is 17.7 Å². The van der Waals surface area contributed by atoms with E-state index in [1.807, 2.05) is 0 Å². The molecule has 0 spiro atoms. The fourth-order valence-corrected chi connectivity index (χ4v) is 1.72. The standard InChI is InChI=1S/C14H10ClNO3/c15-11-2-1-3-12(8-11)16-13(17)9-4-6-10(7-5-9)14(18)19/h1-8H,(H,16,17)(H,18,19). The summed E-state index contributed by atoms with van der Waals surface area (Å²) in [5, 5.41) is 12.0. The average molecular weight is 276 g/mol. The number of carboxylic acid groups (broad SMARTS) is 1. The Morgan fingerprint density at radius 3 is 2.21 bits per heavy atom. The maximum Gasteiger partial charge on any atom is 0.335 e. The second kappa shape index (κ2) is 5.54. The van der Waals surface area contributed by atoms with E-state index in [1.165, 1.54) is 24.3 Å².